The van der Waals surface area contributed by atoms with E-state index in [0.717, 1.165) is 24.2 Å². The highest BCUT2D eigenvalue weighted by molar-refractivity contribution is 5.15. The van der Waals surface area contributed by atoms with Crippen LogP contribution < -0.4 is 5.32 Å². The average molecular weight is 342 g/mol. The summed E-state index contributed by atoms with van der Waals surface area (Å²) in [5.74, 6) is 3.06. The average Bonchev–Trinajstić information content (AvgIpc) is 2.67. The lowest BCUT2D eigenvalue weighted by atomic mass is 9.68. The second kappa shape index (κ2) is 10.4. The molecule has 3 rings (SSSR count). The standard InChI is InChI=1S/C24H39N/c1-20(19-21-11-5-2-6-12-21)25-18-17-24(22-13-7-3-8-14-22)23-15-9-4-10-16-23/h2,5-6,11-12,20,22-25H,3-4,7-10,13-19H2,1H3. The molecule has 0 heterocycles. The van der Waals surface area contributed by atoms with E-state index in [1.807, 2.05) is 0 Å². The molecule has 1 unspecified atom stereocenters. The summed E-state index contributed by atoms with van der Waals surface area (Å²) in [4.78, 5) is 0. The maximum absolute atomic E-state index is 3.84. The van der Waals surface area contributed by atoms with Crippen LogP contribution in [0.1, 0.15) is 83.1 Å². The molecule has 25 heavy (non-hydrogen) atoms. The Labute approximate surface area is 156 Å². The Bertz CT molecular complexity index is 438. The first kappa shape index (κ1) is 19.0. The van der Waals surface area contributed by atoms with Gasteiger partial charge in [-0.05, 0) is 49.6 Å². The molecule has 0 radical (unpaired) electrons. The van der Waals surface area contributed by atoms with Gasteiger partial charge in [-0.3, -0.25) is 0 Å². The number of benzene rings is 1. The summed E-state index contributed by atoms with van der Waals surface area (Å²) in [5, 5.41) is 3.84. The molecule has 0 bridgehead atoms. The first-order chi connectivity index (χ1) is 12.3. The van der Waals surface area contributed by atoms with E-state index in [0.29, 0.717) is 6.04 Å². The van der Waals surface area contributed by atoms with Crippen LogP contribution in [0.3, 0.4) is 0 Å². The number of nitrogens with one attached hydrogen (secondary N) is 1. The van der Waals surface area contributed by atoms with E-state index in [1.165, 1.54) is 82.7 Å². The van der Waals surface area contributed by atoms with Crippen molar-refractivity contribution in [3.05, 3.63) is 35.9 Å². The van der Waals surface area contributed by atoms with E-state index in [2.05, 4.69) is 42.6 Å². The summed E-state index contributed by atoms with van der Waals surface area (Å²) in [6.07, 6.45) is 17.6. The number of rotatable bonds is 8. The van der Waals surface area contributed by atoms with E-state index in [4.69, 9.17) is 0 Å². The molecular formula is C24H39N. The van der Waals surface area contributed by atoms with Crippen molar-refractivity contribution in [2.24, 2.45) is 17.8 Å². The van der Waals surface area contributed by atoms with Crippen molar-refractivity contribution in [3.8, 4) is 0 Å². The van der Waals surface area contributed by atoms with Gasteiger partial charge in [-0.2, -0.15) is 0 Å². The third kappa shape index (κ3) is 6.13. The van der Waals surface area contributed by atoms with Crippen LogP contribution in [0.2, 0.25) is 0 Å². The first-order valence-corrected chi connectivity index (χ1v) is 11.1. The molecule has 1 aromatic rings. The molecule has 0 spiro atoms. The predicted molar refractivity (Wildman–Crippen MR) is 109 cm³/mol. The van der Waals surface area contributed by atoms with Gasteiger partial charge in [-0.1, -0.05) is 94.5 Å². The van der Waals surface area contributed by atoms with Gasteiger partial charge in [-0.15, -0.1) is 0 Å². The molecule has 2 saturated carbocycles. The fraction of sp³-hybridized carbons (Fsp3) is 0.750. The third-order valence-electron chi connectivity index (χ3n) is 6.87. The zero-order valence-corrected chi connectivity index (χ0v) is 16.4. The number of hydrogen-bond donors (Lipinski definition) is 1. The van der Waals surface area contributed by atoms with E-state index in [1.54, 1.807) is 0 Å². The highest BCUT2D eigenvalue weighted by Gasteiger charge is 2.30. The van der Waals surface area contributed by atoms with Crippen LogP contribution in [-0.2, 0) is 6.42 Å². The third-order valence-corrected chi connectivity index (χ3v) is 6.87. The van der Waals surface area contributed by atoms with Crippen LogP contribution >= 0.6 is 0 Å². The largest absolute Gasteiger partial charge is 0.314 e. The summed E-state index contributed by atoms with van der Waals surface area (Å²) < 4.78 is 0. The maximum Gasteiger partial charge on any atom is 0.00791 e. The van der Waals surface area contributed by atoms with Gasteiger partial charge in [0.1, 0.15) is 0 Å². The van der Waals surface area contributed by atoms with Crippen molar-refractivity contribution in [3.63, 3.8) is 0 Å². The van der Waals surface area contributed by atoms with Gasteiger partial charge >= 0.3 is 0 Å². The van der Waals surface area contributed by atoms with Crippen molar-refractivity contribution in [2.75, 3.05) is 6.54 Å². The molecule has 0 amide bonds. The minimum absolute atomic E-state index is 0.584. The topological polar surface area (TPSA) is 12.0 Å². The fourth-order valence-corrected chi connectivity index (χ4v) is 5.52. The minimum atomic E-state index is 0.584. The van der Waals surface area contributed by atoms with Gasteiger partial charge in [0, 0.05) is 6.04 Å². The van der Waals surface area contributed by atoms with Crippen LogP contribution in [0.4, 0.5) is 0 Å². The Balaban J connectivity index is 1.47. The molecule has 0 saturated heterocycles. The minimum Gasteiger partial charge on any atom is -0.314 e. The maximum atomic E-state index is 3.84. The van der Waals surface area contributed by atoms with Gasteiger partial charge in [0.15, 0.2) is 0 Å². The molecule has 1 nitrogen and oxygen atoms in total. The van der Waals surface area contributed by atoms with Gasteiger partial charge < -0.3 is 5.32 Å². The molecule has 0 aromatic heterocycles. The second-order valence-corrected chi connectivity index (χ2v) is 8.79. The Morgan fingerprint density at radius 2 is 1.40 bits per heavy atom. The zero-order chi connectivity index (χ0) is 17.3. The molecule has 1 atom stereocenters. The summed E-state index contributed by atoms with van der Waals surface area (Å²) in [7, 11) is 0. The van der Waals surface area contributed by atoms with Gasteiger partial charge in [-0.25, -0.2) is 0 Å². The Morgan fingerprint density at radius 3 is 1.96 bits per heavy atom. The van der Waals surface area contributed by atoms with Gasteiger partial charge in [0.05, 0.1) is 0 Å². The summed E-state index contributed by atoms with van der Waals surface area (Å²) in [5.41, 5.74) is 1.46. The molecular weight excluding hydrogens is 302 g/mol. The lowest BCUT2D eigenvalue weighted by Crippen LogP contribution is -2.34. The van der Waals surface area contributed by atoms with Crippen molar-refractivity contribution in [2.45, 2.75) is 90.0 Å². The van der Waals surface area contributed by atoms with Crippen LogP contribution in [0.15, 0.2) is 30.3 Å². The molecule has 140 valence electrons. The normalized spacial score (nSPS) is 21.5. The van der Waals surface area contributed by atoms with Gasteiger partial charge in [0.2, 0.25) is 0 Å². The Kier molecular flexibility index (Phi) is 7.85. The van der Waals surface area contributed by atoms with Crippen molar-refractivity contribution >= 4 is 0 Å². The Morgan fingerprint density at radius 1 is 0.840 bits per heavy atom. The number of hydrogen-bond acceptors (Lipinski definition) is 1. The van der Waals surface area contributed by atoms with Crippen LogP contribution in [0.25, 0.3) is 0 Å². The molecule has 2 aliphatic carbocycles. The predicted octanol–water partition coefficient (Wildman–Crippen LogP) is 6.37. The molecule has 2 fully saturated rings. The quantitative estimate of drug-likeness (QED) is 0.579. The summed E-state index contributed by atoms with van der Waals surface area (Å²) in [6.45, 7) is 3.56. The molecule has 0 aliphatic heterocycles. The van der Waals surface area contributed by atoms with Crippen LogP contribution in [-0.4, -0.2) is 12.6 Å². The van der Waals surface area contributed by atoms with Crippen molar-refractivity contribution in [1.82, 2.24) is 5.32 Å². The fourth-order valence-electron chi connectivity index (χ4n) is 5.52. The first-order valence-electron chi connectivity index (χ1n) is 11.1. The van der Waals surface area contributed by atoms with E-state index < -0.39 is 0 Å². The van der Waals surface area contributed by atoms with Gasteiger partial charge in [0.25, 0.3) is 0 Å². The monoisotopic (exact) mass is 341 g/mol. The summed E-state index contributed by atoms with van der Waals surface area (Å²) >= 11 is 0. The van der Waals surface area contributed by atoms with Crippen molar-refractivity contribution in [1.29, 1.82) is 0 Å². The highest BCUT2D eigenvalue weighted by atomic mass is 14.9. The zero-order valence-electron chi connectivity index (χ0n) is 16.4. The smallest absolute Gasteiger partial charge is 0.00791 e. The molecule has 1 N–H and O–H groups in total. The lowest BCUT2D eigenvalue weighted by Gasteiger charge is -2.38. The SMILES string of the molecule is CC(Cc1ccccc1)NCCC(C1CCCCC1)C1CCCCC1. The van der Waals surface area contributed by atoms with E-state index in [9.17, 15) is 0 Å². The summed E-state index contributed by atoms with van der Waals surface area (Å²) in [6, 6.07) is 11.5. The molecule has 1 heteroatoms. The second-order valence-electron chi connectivity index (χ2n) is 8.79. The van der Waals surface area contributed by atoms with Crippen LogP contribution in [0, 0.1) is 17.8 Å². The van der Waals surface area contributed by atoms with E-state index >= 15 is 0 Å². The van der Waals surface area contributed by atoms with Crippen LogP contribution in [0.5, 0.6) is 0 Å². The molecule has 2 aliphatic rings. The molecule has 1 aromatic carbocycles. The highest BCUT2D eigenvalue weighted by Crippen LogP contribution is 2.41. The lowest BCUT2D eigenvalue weighted by molar-refractivity contribution is 0.133. The van der Waals surface area contributed by atoms with Crippen molar-refractivity contribution < 1.29 is 0 Å². The van der Waals surface area contributed by atoms with E-state index in [-0.39, 0.29) is 0 Å². The Hall–Kier alpha value is -0.820.